The lowest BCUT2D eigenvalue weighted by Crippen LogP contribution is -2.38. The van der Waals surface area contributed by atoms with Crippen LogP contribution < -0.4 is 5.32 Å². The summed E-state index contributed by atoms with van der Waals surface area (Å²) in [7, 11) is 1.54. The normalized spacial score (nSPS) is 9.76. The molecule has 0 aromatic carbocycles. The Hall–Kier alpha value is -1.62. The largest absolute Gasteiger partial charge is 0.350 e. The molecule has 1 N–H and O–H groups in total. The second-order valence-electron chi connectivity index (χ2n) is 3.52. The Labute approximate surface area is 105 Å². The molecule has 2 amide bonds. The minimum Gasteiger partial charge on any atom is -0.350 e. The molecule has 1 rings (SSSR count). The summed E-state index contributed by atoms with van der Waals surface area (Å²) >= 11 is 5.37. The van der Waals surface area contributed by atoms with Gasteiger partial charge in [0.2, 0.25) is 11.8 Å². The maximum absolute atomic E-state index is 11.5. The quantitative estimate of drug-likeness (QED) is 0.775. The average molecular weight is 256 g/mol. The number of alkyl halides is 1. The first-order valence-corrected chi connectivity index (χ1v) is 5.62. The van der Waals surface area contributed by atoms with Gasteiger partial charge in [0, 0.05) is 26.0 Å². The Balaban J connectivity index is 2.33. The number of carbonyl (C=O) groups is 2. The van der Waals surface area contributed by atoms with E-state index in [1.165, 1.54) is 11.9 Å². The van der Waals surface area contributed by atoms with E-state index < -0.39 is 0 Å². The molecule has 0 unspecified atom stereocenters. The number of likely N-dealkylation sites (N-methyl/N-ethyl adjacent to an activating group) is 1. The molecule has 0 atom stereocenters. The average Bonchev–Trinajstić information content (AvgIpc) is 2.36. The van der Waals surface area contributed by atoms with E-state index in [2.05, 4.69) is 10.3 Å². The van der Waals surface area contributed by atoms with Crippen LogP contribution in [-0.4, -0.2) is 41.2 Å². The Morgan fingerprint density at radius 1 is 1.41 bits per heavy atom. The molecule has 1 aromatic heterocycles. The summed E-state index contributed by atoms with van der Waals surface area (Å²) in [4.78, 5) is 27.8. The standard InChI is InChI=1S/C11H14ClN3O2/c1-15(11(17)6-12)8-10(16)14-7-9-2-4-13-5-3-9/h2-5H,6-8H2,1H3,(H,14,16). The van der Waals surface area contributed by atoms with Gasteiger partial charge in [-0.15, -0.1) is 11.6 Å². The highest BCUT2D eigenvalue weighted by Gasteiger charge is 2.11. The smallest absolute Gasteiger partial charge is 0.239 e. The lowest BCUT2D eigenvalue weighted by Gasteiger charge is -2.15. The van der Waals surface area contributed by atoms with Gasteiger partial charge in [0.25, 0.3) is 0 Å². The van der Waals surface area contributed by atoms with Gasteiger partial charge in [-0.2, -0.15) is 0 Å². The molecule has 17 heavy (non-hydrogen) atoms. The van der Waals surface area contributed by atoms with Crippen molar-refractivity contribution in [1.82, 2.24) is 15.2 Å². The third-order valence-electron chi connectivity index (χ3n) is 2.16. The predicted octanol–water partition coefficient (Wildman–Crippen LogP) is 0.395. The van der Waals surface area contributed by atoms with Gasteiger partial charge in [-0.1, -0.05) is 0 Å². The van der Waals surface area contributed by atoms with Gasteiger partial charge in [-0.05, 0) is 17.7 Å². The molecule has 0 radical (unpaired) electrons. The molecule has 0 saturated heterocycles. The van der Waals surface area contributed by atoms with Gasteiger partial charge < -0.3 is 10.2 Å². The molecule has 0 bridgehead atoms. The molecule has 0 saturated carbocycles. The number of hydrogen-bond donors (Lipinski definition) is 1. The van der Waals surface area contributed by atoms with Crippen molar-refractivity contribution in [2.45, 2.75) is 6.54 Å². The number of pyridine rings is 1. The summed E-state index contributed by atoms with van der Waals surface area (Å²) < 4.78 is 0. The highest BCUT2D eigenvalue weighted by molar-refractivity contribution is 6.27. The van der Waals surface area contributed by atoms with Crippen molar-refractivity contribution in [3.8, 4) is 0 Å². The second kappa shape index (κ2) is 6.85. The van der Waals surface area contributed by atoms with Crippen LogP contribution in [0.2, 0.25) is 0 Å². The molecule has 0 aliphatic rings. The van der Waals surface area contributed by atoms with Crippen LogP contribution in [0.3, 0.4) is 0 Å². The first-order chi connectivity index (χ1) is 8.13. The van der Waals surface area contributed by atoms with Gasteiger partial charge in [0.15, 0.2) is 0 Å². The first kappa shape index (κ1) is 13.4. The van der Waals surface area contributed by atoms with Crippen molar-refractivity contribution in [2.24, 2.45) is 0 Å². The molecule has 1 heterocycles. The number of hydrogen-bond acceptors (Lipinski definition) is 3. The Morgan fingerprint density at radius 2 is 2.06 bits per heavy atom. The summed E-state index contributed by atoms with van der Waals surface area (Å²) in [5.41, 5.74) is 0.958. The minimum absolute atomic E-state index is 0.0106. The van der Waals surface area contributed by atoms with E-state index in [4.69, 9.17) is 11.6 Å². The molecule has 0 aliphatic carbocycles. The Bertz CT molecular complexity index is 384. The number of carbonyl (C=O) groups excluding carboxylic acids is 2. The van der Waals surface area contributed by atoms with E-state index in [-0.39, 0.29) is 24.2 Å². The van der Waals surface area contributed by atoms with Crippen molar-refractivity contribution in [1.29, 1.82) is 0 Å². The third kappa shape index (κ3) is 4.82. The maximum atomic E-state index is 11.5. The summed E-state index contributed by atoms with van der Waals surface area (Å²) in [6.45, 7) is 0.431. The Kier molecular flexibility index (Phi) is 5.42. The summed E-state index contributed by atoms with van der Waals surface area (Å²) in [6.07, 6.45) is 3.31. The van der Waals surface area contributed by atoms with E-state index in [9.17, 15) is 9.59 Å². The molecule has 0 fully saturated rings. The van der Waals surface area contributed by atoms with Crippen LogP contribution >= 0.6 is 11.6 Å². The predicted molar refractivity (Wildman–Crippen MR) is 64.4 cm³/mol. The molecule has 0 aliphatic heterocycles. The van der Waals surface area contributed by atoms with Crippen molar-refractivity contribution >= 4 is 23.4 Å². The number of aromatic nitrogens is 1. The fourth-order valence-electron chi connectivity index (χ4n) is 1.16. The number of nitrogens with one attached hydrogen (secondary N) is 1. The SMILES string of the molecule is CN(CC(=O)NCc1ccncc1)C(=O)CCl. The van der Waals surface area contributed by atoms with Gasteiger partial charge in [-0.3, -0.25) is 14.6 Å². The molecular formula is C11H14ClN3O2. The fourth-order valence-corrected chi connectivity index (χ4v) is 1.37. The number of nitrogens with zero attached hydrogens (tertiary/aromatic N) is 2. The lowest BCUT2D eigenvalue weighted by atomic mass is 10.3. The van der Waals surface area contributed by atoms with Crippen molar-refractivity contribution in [2.75, 3.05) is 19.5 Å². The summed E-state index contributed by atoms with van der Waals surface area (Å²) in [5.74, 6) is -0.609. The lowest BCUT2D eigenvalue weighted by molar-refractivity contribution is -0.132. The van der Waals surface area contributed by atoms with E-state index in [0.717, 1.165) is 5.56 Å². The number of halogens is 1. The summed E-state index contributed by atoms with van der Waals surface area (Å²) in [6, 6.07) is 3.63. The minimum atomic E-state index is -0.272. The second-order valence-corrected chi connectivity index (χ2v) is 3.78. The zero-order valence-electron chi connectivity index (χ0n) is 9.52. The zero-order chi connectivity index (χ0) is 12.7. The zero-order valence-corrected chi connectivity index (χ0v) is 10.3. The van der Waals surface area contributed by atoms with Crippen LogP contribution in [0.1, 0.15) is 5.56 Å². The van der Waals surface area contributed by atoms with Crippen LogP contribution in [0.4, 0.5) is 0 Å². The van der Waals surface area contributed by atoms with E-state index in [1.807, 2.05) is 12.1 Å². The molecule has 0 spiro atoms. The molecule has 6 heteroatoms. The van der Waals surface area contributed by atoms with Crippen molar-refractivity contribution in [3.63, 3.8) is 0 Å². The van der Waals surface area contributed by atoms with Gasteiger partial charge in [0.1, 0.15) is 5.88 Å². The van der Waals surface area contributed by atoms with Crippen LogP contribution in [0.5, 0.6) is 0 Å². The van der Waals surface area contributed by atoms with Gasteiger partial charge >= 0.3 is 0 Å². The van der Waals surface area contributed by atoms with Crippen molar-refractivity contribution in [3.05, 3.63) is 30.1 Å². The van der Waals surface area contributed by atoms with E-state index >= 15 is 0 Å². The maximum Gasteiger partial charge on any atom is 0.239 e. The molecular weight excluding hydrogens is 242 g/mol. The van der Waals surface area contributed by atoms with E-state index in [1.54, 1.807) is 12.4 Å². The van der Waals surface area contributed by atoms with Crippen LogP contribution in [0.15, 0.2) is 24.5 Å². The topological polar surface area (TPSA) is 62.3 Å². The van der Waals surface area contributed by atoms with Gasteiger partial charge in [-0.25, -0.2) is 0 Å². The molecule has 5 nitrogen and oxygen atoms in total. The van der Waals surface area contributed by atoms with Gasteiger partial charge in [0.05, 0.1) is 6.54 Å². The van der Waals surface area contributed by atoms with E-state index in [0.29, 0.717) is 6.54 Å². The molecule has 1 aromatic rings. The Morgan fingerprint density at radius 3 is 2.65 bits per heavy atom. The summed E-state index contributed by atoms with van der Waals surface area (Å²) in [5, 5.41) is 2.71. The highest BCUT2D eigenvalue weighted by atomic mass is 35.5. The van der Waals surface area contributed by atoms with Crippen LogP contribution in [-0.2, 0) is 16.1 Å². The molecule has 92 valence electrons. The highest BCUT2D eigenvalue weighted by Crippen LogP contribution is 1.95. The first-order valence-electron chi connectivity index (χ1n) is 5.09. The van der Waals surface area contributed by atoms with Crippen LogP contribution in [0, 0.1) is 0 Å². The fraction of sp³-hybridized carbons (Fsp3) is 0.364. The third-order valence-corrected chi connectivity index (χ3v) is 2.39. The van der Waals surface area contributed by atoms with Crippen LogP contribution in [0.25, 0.3) is 0 Å². The monoisotopic (exact) mass is 255 g/mol. The number of amides is 2. The number of rotatable bonds is 5. The van der Waals surface area contributed by atoms with Crippen molar-refractivity contribution < 1.29 is 9.59 Å².